The average Bonchev–Trinajstić information content (AvgIpc) is 3.05. The van der Waals surface area contributed by atoms with Gasteiger partial charge in [0.1, 0.15) is 17.7 Å². The highest BCUT2D eigenvalue weighted by Crippen LogP contribution is 2.19. The summed E-state index contributed by atoms with van der Waals surface area (Å²) in [4.78, 5) is 25.0. The number of unbranched alkanes of at least 4 members (excludes halogenated alkanes) is 23. The minimum atomic E-state index is -0.980. The first kappa shape index (κ1) is 47.4. The van der Waals surface area contributed by atoms with E-state index in [1.54, 1.807) is 0 Å². The van der Waals surface area contributed by atoms with Crippen LogP contribution in [0.15, 0.2) is 24.3 Å². The third-order valence-electron chi connectivity index (χ3n) is 9.22. The Labute approximate surface area is 305 Å². The molecule has 49 heavy (non-hydrogen) atoms. The molecule has 5 nitrogen and oxygen atoms in total. The van der Waals surface area contributed by atoms with Crippen molar-refractivity contribution in [1.82, 2.24) is 0 Å². The Hall–Kier alpha value is -1.62. The molecule has 0 amide bonds. The van der Waals surface area contributed by atoms with Gasteiger partial charge in [-0.2, -0.15) is 0 Å². The molecule has 0 bridgehead atoms. The topological polar surface area (TPSA) is 78.6 Å². The van der Waals surface area contributed by atoms with Crippen LogP contribution in [0.3, 0.4) is 0 Å². The highest BCUT2D eigenvalue weighted by atomic mass is 16.6. The third-order valence-corrected chi connectivity index (χ3v) is 9.22. The van der Waals surface area contributed by atoms with Gasteiger partial charge in [0.05, 0.1) is 6.42 Å². The van der Waals surface area contributed by atoms with E-state index in [1.165, 1.54) is 148 Å². The van der Waals surface area contributed by atoms with Crippen molar-refractivity contribution >= 4 is 11.9 Å². The molecule has 0 saturated carbocycles. The zero-order valence-corrected chi connectivity index (χ0v) is 33.4. The van der Waals surface area contributed by atoms with Crippen LogP contribution in [0.2, 0.25) is 0 Å². The van der Waals surface area contributed by atoms with Crippen LogP contribution in [0.1, 0.15) is 227 Å². The number of esters is 2. The Morgan fingerprint density at radius 2 is 0.857 bits per heavy atom. The van der Waals surface area contributed by atoms with Crippen molar-refractivity contribution in [3.63, 3.8) is 0 Å². The lowest BCUT2D eigenvalue weighted by Crippen LogP contribution is -2.38. The molecule has 0 heterocycles. The van der Waals surface area contributed by atoms with Crippen molar-refractivity contribution in [3.05, 3.63) is 24.3 Å². The number of allylic oxidation sites excluding steroid dienone is 4. The van der Waals surface area contributed by atoms with Crippen LogP contribution >= 0.6 is 0 Å². The van der Waals surface area contributed by atoms with Crippen LogP contribution in [0, 0.1) is 0 Å². The molecule has 2 N–H and O–H groups in total. The SMILES string of the molecule is CCCCCCCC/C=C\CCCCCCCCC(CCCCCCC/C=C\CCCCCCCC)OC(=O)C(N)CC(=O)OC(C)(C)C. The lowest BCUT2D eigenvalue weighted by atomic mass is 10.0. The quantitative estimate of drug-likeness (QED) is 0.0407. The fourth-order valence-corrected chi connectivity index (χ4v) is 6.22. The molecule has 0 fully saturated rings. The van der Waals surface area contributed by atoms with E-state index in [0.717, 1.165) is 38.5 Å². The van der Waals surface area contributed by atoms with E-state index in [9.17, 15) is 9.59 Å². The van der Waals surface area contributed by atoms with Crippen molar-refractivity contribution in [2.24, 2.45) is 5.73 Å². The molecule has 0 aliphatic rings. The molecule has 0 aromatic heterocycles. The summed E-state index contributed by atoms with van der Waals surface area (Å²) in [6.07, 6.45) is 45.4. The number of hydrogen-bond acceptors (Lipinski definition) is 5. The number of rotatable bonds is 35. The summed E-state index contributed by atoms with van der Waals surface area (Å²) in [5, 5.41) is 0. The van der Waals surface area contributed by atoms with Crippen molar-refractivity contribution in [2.45, 2.75) is 245 Å². The summed E-state index contributed by atoms with van der Waals surface area (Å²) in [6.45, 7) is 9.98. The summed E-state index contributed by atoms with van der Waals surface area (Å²) in [5.74, 6) is -0.938. The summed E-state index contributed by atoms with van der Waals surface area (Å²) in [6, 6.07) is -0.980. The van der Waals surface area contributed by atoms with Gasteiger partial charge in [0, 0.05) is 0 Å². The van der Waals surface area contributed by atoms with E-state index in [-0.39, 0.29) is 12.5 Å². The molecule has 0 aromatic carbocycles. The summed E-state index contributed by atoms with van der Waals surface area (Å²) in [7, 11) is 0. The Kier molecular flexibility index (Phi) is 33.7. The minimum absolute atomic E-state index is 0.126. The number of hydrogen-bond donors (Lipinski definition) is 1. The highest BCUT2D eigenvalue weighted by molar-refractivity contribution is 5.82. The molecule has 2 atom stereocenters. The van der Waals surface area contributed by atoms with Gasteiger partial charge in [-0.3, -0.25) is 9.59 Å². The van der Waals surface area contributed by atoms with Crippen molar-refractivity contribution in [1.29, 1.82) is 0 Å². The van der Waals surface area contributed by atoms with E-state index >= 15 is 0 Å². The van der Waals surface area contributed by atoms with Crippen LogP contribution in [0.5, 0.6) is 0 Å². The zero-order valence-electron chi connectivity index (χ0n) is 33.4. The maximum atomic E-state index is 12.8. The van der Waals surface area contributed by atoms with Gasteiger partial charge < -0.3 is 15.2 Å². The van der Waals surface area contributed by atoms with Gasteiger partial charge in [0.15, 0.2) is 0 Å². The molecule has 288 valence electrons. The molecule has 0 spiro atoms. The summed E-state index contributed by atoms with van der Waals surface area (Å²) >= 11 is 0. The fourth-order valence-electron chi connectivity index (χ4n) is 6.22. The second-order valence-electron chi connectivity index (χ2n) is 15.6. The molecule has 0 saturated heterocycles. The molecule has 0 aliphatic heterocycles. The largest absolute Gasteiger partial charge is 0.461 e. The molecule has 0 aliphatic carbocycles. The molecule has 0 radical (unpaired) electrons. The van der Waals surface area contributed by atoms with Gasteiger partial charge >= 0.3 is 11.9 Å². The van der Waals surface area contributed by atoms with Crippen molar-refractivity contribution in [2.75, 3.05) is 0 Å². The molecule has 0 rings (SSSR count). The predicted molar refractivity (Wildman–Crippen MR) is 212 cm³/mol. The Balaban J connectivity index is 4.29. The van der Waals surface area contributed by atoms with Crippen molar-refractivity contribution < 1.29 is 19.1 Å². The van der Waals surface area contributed by atoms with Crippen molar-refractivity contribution in [3.8, 4) is 0 Å². The van der Waals surface area contributed by atoms with E-state index in [4.69, 9.17) is 15.2 Å². The van der Waals surface area contributed by atoms with Crippen LogP contribution in [-0.4, -0.2) is 29.7 Å². The van der Waals surface area contributed by atoms with Gasteiger partial charge in [-0.1, -0.05) is 147 Å². The normalized spacial score (nSPS) is 13.3. The molecule has 2 unspecified atom stereocenters. The standard InChI is InChI=1S/C44H83NO4/c1-6-8-10-12-14-16-18-20-22-24-26-28-30-32-34-36-38-40(48-43(47)41(45)39-42(46)49-44(3,4)5)37-35-33-31-29-27-25-23-21-19-17-15-13-11-9-7-2/h20-23,40-41H,6-19,24-39,45H2,1-5H3/b22-20-,23-21-. The van der Waals surface area contributed by atoms with Crippen LogP contribution in [0.25, 0.3) is 0 Å². The van der Waals surface area contributed by atoms with Crippen LogP contribution < -0.4 is 5.73 Å². The summed E-state index contributed by atoms with van der Waals surface area (Å²) in [5.41, 5.74) is 5.48. The maximum absolute atomic E-state index is 12.8. The van der Waals surface area contributed by atoms with Crippen LogP contribution in [-0.2, 0) is 19.1 Å². The van der Waals surface area contributed by atoms with Gasteiger partial charge in [0.2, 0.25) is 0 Å². The van der Waals surface area contributed by atoms with E-state index < -0.39 is 23.6 Å². The first-order valence-electron chi connectivity index (χ1n) is 21.2. The van der Waals surface area contributed by atoms with E-state index in [0.29, 0.717) is 0 Å². The lowest BCUT2D eigenvalue weighted by molar-refractivity contribution is -0.161. The monoisotopic (exact) mass is 690 g/mol. The number of nitrogens with two attached hydrogens (primary N) is 1. The Morgan fingerprint density at radius 3 is 1.20 bits per heavy atom. The molecular formula is C44H83NO4. The predicted octanol–water partition coefficient (Wildman–Crippen LogP) is 13.4. The third kappa shape index (κ3) is 36.0. The average molecular weight is 690 g/mol. The smallest absolute Gasteiger partial charge is 0.323 e. The Morgan fingerprint density at radius 1 is 0.531 bits per heavy atom. The number of carbonyl (C=O) groups is 2. The Bertz CT molecular complexity index is 799. The second kappa shape index (κ2) is 34.8. The van der Waals surface area contributed by atoms with Gasteiger partial charge in [-0.15, -0.1) is 0 Å². The van der Waals surface area contributed by atoms with Crippen LogP contribution in [0.4, 0.5) is 0 Å². The molecule has 0 aromatic rings. The van der Waals surface area contributed by atoms with Gasteiger partial charge in [-0.25, -0.2) is 0 Å². The number of ether oxygens (including phenoxy) is 2. The maximum Gasteiger partial charge on any atom is 0.323 e. The molecular weight excluding hydrogens is 606 g/mol. The summed E-state index contributed by atoms with van der Waals surface area (Å²) < 4.78 is 11.3. The fraction of sp³-hybridized carbons (Fsp3) is 0.864. The number of carbonyl (C=O) groups excluding carboxylic acids is 2. The first-order chi connectivity index (χ1) is 23.7. The minimum Gasteiger partial charge on any atom is -0.461 e. The first-order valence-corrected chi connectivity index (χ1v) is 21.2. The highest BCUT2D eigenvalue weighted by Gasteiger charge is 2.25. The van der Waals surface area contributed by atoms with Gasteiger partial charge in [-0.05, 0) is 97.8 Å². The molecule has 5 heteroatoms. The van der Waals surface area contributed by atoms with E-state index in [2.05, 4.69) is 38.2 Å². The zero-order chi connectivity index (χ0) is 36.3. The van der Waals surface area contributed by atoms with E-state index in [1.807, 2.05) is 20.8 Å². The second-order valence-corrected chi connectivity index (χ2v) is 15.6. The lowest BCUT2D eigenvalue weighted by Gasteiger charge is -2.22. The van der Waals surface area contributed by atoms with Gasteiger partial charge in [0.25, 0.3) is 0 Å².